The van der Waals surface area contributed by atoms with Gasteiger partial charge in [-0.15, -0.1) is 0 Å². The molecule has 2 unspecified atom stereocenters. The molecule has 0 fully saturated rings. The summed E-state index contributed by atoms with van der Waals surface area (Å²) in [5.74, 6) is 0.881. The number of aliphatic imine (C=N–C) groups is 1. The van der Waals surface area contributed by atoms with E-state index in [4.69, 9.17) is 31.8 Å². The van der Waals surface area contributed by atoms with E-state index in [9.17, 15) is 0 Å². The van der Waals surface area contributed by atoms with Crippen LogP contribution in [0.2, 0.25) is 5.02 Å². The molecular formula is C22H25ClN2O2. The summed E-state index contributed by atoms with van der Waals surface area (Å²) in [4.78, 5) is 4.72. The highest BCUT2D eigenvalue weighted by molar-refractivity contribution is 6.31. The van der Waals surface area contributed by atoms with E-state index in [-0.39, 0.29) is 12.1 Å². The quantitative estimate of drug-likeness (QED) is 0.788. The molecule has 0 radical (unpaired) electrons. The molecule has 2 aliphatic rings. The second-order valence-electron chi connectivity index (χ2n) is 7.58. The third-order valence-electron chi connectivity index (χ3n) is 5.38. The molecule has 4 rings (SSSR count). The van der Waals surface area contributed by atoms with Crippen molar-refractivity contribution >= 4 is 17.6 Å². The zero-order valence-corrected chi connectivity index (χ0v) is 16.6. The molecule has 2 heterocycles. The van der Waals surface area contributed by atoms with E-state index in [0.717, 1.165) is 58.7 Å². The first-order valence-corrected chi connectivity index (χ1v) is 9.94. The summed E-state index contributed by atoms with van der Waals surface area (Å²) in [5.41, 5.74) is 9.80. The highest BCUT2D eigenvalue weighted by atomic mass is 35.5. The summed E-state index contributed by atoms with van der Waals surface area (Å²) in [5, 5.41) is 0.736. The summed E-state index contributed by atoms with van der Waals surface area (Å²) >= 11 is 6.27. The zero-order valence-electron chi connectivity index (χ0n) is 15.8. The maximum atomic E-state index is 6.30. The van der Waals surface area contributed by atoms with Crippen LogP contribution in [0.1, 0.15) is 43.7 Å². The molecule has 0 amide bonds. The predicted octanol–water partition coefficient (Wildman–Crippen LogP) is 5.20. The van der Waals surface area contributed by atoms with Crippen LogP contribution < -0.4 is 10.5 Å². The van der Waals surface area contributed by atoms with Gasteiger partial charge in [-0.05, 0) is 54.3 Å². The topological polar surface area (TPSA) is 56.8 Å². The lowest BCUT2D eigenvalue weighted by Crippen LogP contribution is -2.38. The van der Waals surface area contributed by atoms with E-state index in [1.54, 1.807) is 0 Å². The minimum absolute atomic E-state index is 0.134. The average molecular weight is 385 g/mol. The predicted molar refractivity (Wildman–Crippen MR) is 109 cm³/mol. The first-order valence-electron chi connectivity index (χ1n) is 9.56. The summed E-state index contributed by atoms with van der Waals surface area (Å²) < 4.78 is 11.9. The SMILES string of the molecule is CCCCC1CC2(COC(N)=N2)c2cc(-c3cc(C)cc(Cl)c3)ccc2O1. The molecule has 0 aromatic heterocycles. The maximum Gasteiger partial charge on any atom is 0.283 e. The minimum Gasteiger partial charge on any atom is -0.490 e. The number of ether oxygens (including phenoxy) is 2. The Morgan fingerprint density at radius 1 is 1.22 bits per heavy atom. The number of benzene rings is 2. The third-order valence-corrected chi connectivity index (χ3v) is 5.60. The number of rotatable bonds is 4. The Labute approximate surface area is 165 Å². The second kappa shape index (κ2) is 7.08. The molecule has 27 heavy (non-hydrogen) atoms. The molecule has 2 N–H and O–H groups in total. The smallest absolute Gasteiger partial charge is 0.283 e. The van der Waals surface area contributed by atoms with Crippen molar-refractivity contribution in [3.63, 3.8) is 0 Å². The number of halogens is 1. The van der Waals surface area contributed by atoms with Crippen LogP contribution in [0.5, 0.6) is 5.75 Å². The highest BCUT2D eigenvalue weighted by Crippen LogP contribution is 2.46. The van der Waals surface area contributed by atoms with Gasteiger partial charge in [-0.25, -0.2) is 4.99 Å². The Morgan fingerprint density at radius 2 is 2.07 bits per heavy atom. The van der Waals surface area contributed by atoms with E-state index in [1.807, 2.05) is 25.1 Å². The first-order chi connectivity index (χ1) is 13.0. The standard InChI is InChI=1S/C22H25ClN2O2/c1-3-4-5-18-12-22(13-26-21(24)25-22)19-11-15(6-7-20(19)27-18)16-8-14(2)9-17(23)10-16/h6-11,18H,3-5,12-13H2,1-2H3,(H2,24,25). The Morgan fingerprint density at radius 3 is 2.78 bits per heavy atom. The fraction of sp³-hybridized carbons (Fsp3) is 0.409. The van der Waals surface area contributed by atoms with Gasteiger partial charge in [0.25, 0.3) is 6.02 Å². The normalized spacial score (nSPS) is 23.5. The monoisotopic (exact) mass is 384 g/mol. The van der Waals surface area contributed by atoms with Crippen LogP contribution in [-0.2, 0) is 10.3 Å². The molecule has 5 heteroatoms. The van der Waals surface area contributed by atoms with E-state index in [2.05, 4.69) is 25.1 Å². The fourth-order valence-electron chi connectivity index (χ4n) is 4.09. The number of nitrogens with zero attached hydrogens (tertiary/aromatic N) is 1. The van der Waals surface area contributed by atoms with Gasteiger partial charge < -0.3 is 15.2 Å². The molecule has 4 nitrogen and oxygen atoms in total. The number of amidine groups is 1. The van der Waals surface area contributed by atoms with Gasteiger partial charge in [0.1, 0.15) is 24.0 Å². The average Bonchev–Trinajstić information content (AvgIpc) is 3.00. The van der Waals surface area contributed by atoms with Gasteiger partial charge in [0.05, 0.1) is 0 Å². The third kappa shape index (κ3) is 3.51. The largest absolute Gasteiger partial charge is 0.490 e. The number of hydrogen-bond donors (Lipinski definition) is 1. The number of nitrogens with two attached hydrogens (primary N) is 1. The van der Waals surface area contributed by atoms with Crippen molar-refractivity contribution in [3.8, 4) is 16.9 Å². The van der Waals surface area contributed by atoms with Crippen molar-refractivity contribution in [1.82, 2.24) is 0 Å². The Balaban J connectivity index is 1.77. The Bertz CT molecular complexity index is 876. The number of aryl methyl sites for hydroxylation is 1. The van der Waals surface area contributed by atoms with Crippen molar-refractivity contribution < 1.29 is 9.47 Å². The lowest BCUT2D eigenvalue weighted by atomic mass is 9.81. The molecule has 1 spiro atoms. The van der Waals surface area contributed by atoms with Crippen LogP contribution in [0.25, 0.3) is 11.1 Å². The van der Waals surface area contributed by atoms with Gasteiger partial charge in [0, 0.05) is 17.0 Å². The van der Waals surface area contributed by atoms with E-state index in [1.165, 1.54) is 0 Å². The number of unbranched alkanes of at least 4 members (excludes halogenated alkanes) is 1. The van der Waals surface area contributed by atoms with Gasteiger partial charge in [0.15, 0.2) is 0 Å². The first kappa shape index (κ1) is 18.2. The minimum atomic E-state index is -0.459. The molecule has 2 aromatic carbocycles. The second-order valence-corrected chi connectivity index (χ2v) is 8.02. The summed E-state index contributed by atoms with van der Waals surface area (Å²) in [7, 11) is 0. The van der Waals surface area contributed by atoms with Crippen LogP contribution in [0.15, 0.2) is 41.4 Å². The Hall–Kier alpha value is -2.20. The number of fused-ring (bicyclic) bond motifs is 2. The van der Waals surface area contributed by atoms with Crippen LogP contribution in [0.3, 0.4) is 0 Å². The molecule has 0 saturated heterocycles. The van der Waals surface area contributed by atoms with Gasteiger partial charge >= 0.3 is 0 Å². The van der Waals surface area contributed by atoms with Crippen molar-refractivity contribution in [2.75, 3.05) is 6.61 Å². The maximum absolute atomic E-state index is 6.30. The van der Waals surface area contributed by atoms with Crippen molar-refractivity contribution in [2.24, 2.45) is 10.7 Å². The van der Waals surface area contributed by atoms with Crippen LogP contribution in [0, 0.1) is 6.92 Å². The summed E-state index contributed by atoms with van der Waals surface area (Å²) in [6, 6.07) is 12.6. The van der Waals surface area contributed by atoms with Gasteiger partial charge in [-0.2, -0.15) is 0 Å². The van der Waals surface area contributed by atoms with Crippen LogP contribution >= 0.6 is 11.6 Å². The lowest BCUT2D eigenvalue weighted by molar-refractivity contribution is 0.0988. The molecular weight excluding hydrogens is 360 g/mol. The molecule has 0 bridgehead atoms. The van der Waals surface area contributed by atoms with Gasteiger partial charge in [-0.3, -0.25) is 0 Å². The number of hydrogen-bond acceptors (Lipinski definition) is 4. The van der Waals surface area contributed by atoms with E-state index in [0.29, 0.717) is 6.61 Å². The van der Waals surface area contributed by atoms with Gasteiger partial charge in [0.2, 0.25) is 0 Å². The van der Waals surface area contributed by atoms with Crippen LogP contribution in [-0.4, -0.2) is 18.7 Å². The molecule has 0 aliphatic carbocycles. The molecule has 142 valence electrons. The van der Waals surface area contributed by atoms with Crippen molar-refractivity contribution in [1.29, 1.82) is 0 Å². The fourth-order valence-corrected chi connectivity index (χ4v) is 4.38. The zero-order chi connectivity index (χ0) is 19.0. The van der Waals surface area contributed by atoms with Crippen molar-refractivity contribution in [3.05, 3.63) is 52.5 Å². The molecule has 2 aromatic rings. The summed E-state index contributed by atoms with van der Waals surface area (Å²) in [6.07, 6.45) is 4.22. The van der Waals surface area contributed by atoms with E-state index < -0.39 is 5.54 Å². The lowest BCUT2D eigenvalue weighted by Gasteiger charge is -2.37. The molecule has 0 saturated carbocycles. The molecule has 2 atom stereocenters. The summed E-state index contributed by atoms with van der Waals surface area (Å²) in [6.45, 7) is 4.71. The Kier molecular flexibility index (Phi) is 4.77. The molecule has 2 aliphatic heterocycles. The van der Waals surface area contributed by atoms with Gasteiger partial charge in [-0.1, -0.05) is 43.5 Å². The van der Waals surface area contributed by atoms with E-state index >= 15 is 0 Å². The van der Waals surface area contributed by atoms with Crippen LogP contribution in [0.4, 0.5) is 0 Å². The van der Waals surface area contributed by atoms with Crippen molar-refractivity contribution in [2.45, 2.75) is 51.2 Å². The highest BCUT2D eigenvalue weighted by Gasteiger charge is 2.46.